The highest BCUT2D eigenvalue weighted by molar-refractivity contribution is 9.10. The maximum atomic E-state index is 12.1. The molecule has 0 spiro atoms. The summed E-state index contributed by atoms with van der Waals surface area (Å²) in [5.74, 6) is -0.293. The highest BCUT2D eigenvalue weighted by atomic mass is 79.9. The van der Waals surface area contributed by atoms with E-state index < -0.39 is 0 Å². The Morgan fingerprint density at radius 1 is 1.45 bits per heavy atom. The third-order valence-electron chi connectivity index (χ3n) is 3.17. The number of hydrogen-bond acceptors (Lipinski definition) is 3. The Hall–Kier alpha value is -1.69. The fourth-order valence-corrected chi connectivity index (χ4v) is 2.39. The molecule has 5 nitrogen and oxygen atoms in total. The molecule has 0 fully saturated rings. The second kappa shape index (κ2) is 6.17. The average Bonchev–Trinajstić information content (AvgIpc) is 2.41. The zero-order valence-corrected chi connectivity index (χ0v) is 13.0. The van der Waals surface area contributed by atoms with Gasteiger partial charge in [0, 0.05) is 24.4 Å². The van der Waals surface area contributed by atoms with Crippen molar-refractivity contribution in [3.8, 4) is 0 Å². The number of carbonyl (C=O) groups is 2. The van der Waals surface area contributed by atoms with Crippen LogP contribution in [0.15, 0.2) is 33.8 Å². The molecule has 1 unspecified atom stereocenters. The van der Waals surface area contributed by atoms with Gasteiger partial charge in [-0.15, -0.1) is 0 Å². The lowest BCUT2D eigenvalue weighted by Gasteiger charge is -2.21. The summed E-state index contributed by atoms with van der Waals surface area (Å²) in [4.78, 5) is 23.5. The number of carbonyl (C=O) groups excluding carboxylic acids is 2. The molecule has 1 N–H and O–H groups in total. The molecule has 1 aliphatic rings. The van der Waals surface area contributed by atoms with Gasteiger partial charge in [0.05, 0.1) is 6.04 Å². The Balaban J connectivity index is 2.05. The van der Waals surface area contributed by atoms with Crippen molar-refractivity contribution in [2.75, 3.05) is 7.05 Å². The van der Waals surface area contributed by atoms with Crippen molar-refractivity contribution in [1.29, 1.82) is 0 Å². The SMILES string of the molecule is CC(NC(=O)C1=NN(C)C(=O)CC1)c1cccc(Br)c1. The third-order valence-corrected chi connectivity index (χ3v) is 3.66. The van der Waals surface area contributed by atoms with E-state index in [4.69, 9.17) is 0 Å². The third kappa shape index (κ3) is 3.45. The van der Waals surface area contributed by atoms with Crippen LogP contribution in [0.3, 0.4) is 0 Å². The minimum Gasteiger partial charge on any atom is -0.344 e. The predicted molar refractivity (Wildman–Crippen MR) is 80.1 cm³/mol. The zero-order valence-electron chi connectivity index (χ0n) is 11.4. The Labute approximate surface area is 126 Å². The molecule has 0 radical (unpaired) electrons. The number of halogens is 1. The van der Waals surface area contributed by atoms with Crippen molar-refractivity contribution in [3.05, 3.63) is 34.3 Å². The number of benzene rings is 1. The van der Waals surface area contributed by atoms with Crippen LogP contribution in [0.4, 0.5) is 0 Å². The summed E-state index contributed by atoms with van der Waals surface area (Å²) in [6.07, 6.45) is 0.716. The van der Waals surface area contributed by atoms with Crippen LogP contribution in [0.25, 0.3) is 0 Å². The lowest BCUT2D eigenvalue weighted by atomic mass is 10.1. The van der Waals surface area contributed by atoms with Crippen LogP contribution in [0.1, 0.15) is 31.4 Å². The molecule has 2 rings (SSSR count). The van der Waals surface area contributed by atoms with Crippen LogP contribution in [0, 0.1) is 0 Å². The normalized spacial score (nSPS) is 16.6. The average molecular weight is 338 g/mol. The topological polar surface area (TPSA) is 61.8 Å². The quantitative estimate of drug-likeness (QED) is 0.919. The van der Waals surface area contributed by atoms with E-state index >= 15 is 0 Å². The molecule has 106 valence electrons. The van der Waals surface area contributed by atoms with E-state index in [1.54, 1.807) is 7.05 Å². The van der Waals surface area contributed by atoms with Gasteiger partial charge < -0.3 is 5.32 Å². The van der Waals surface area contributed by atoms with Gasteiger partial charge in [-0.3, -0.25) is 9.59 Å². The predicted octanol–water partition coefficient (Wildman–Crippen LogP) is 2.23. The smallest absolute Gasteiger partial charge is 0.267 e. The Bertz CT molecular complexity index is 571. The molecule has 1 atom stereocenters. The van der Waals surface area contributed by atoms with Gasteiger partial charge in [-0.25, -0.2) is 5.01 Å². The molecular weight excluding hydrogens is 322 g/mol. The molecule has 2 amide bonds. The summed E-state index contributed by atoms with van der Waals surface area (Å²) in [6.45, 7) is 1.91. The van der Waals surface area contributed by atoms with Crippen LogP contribution in [-0.2, 0) is 9.59 Å². The van der Waals surface area contributed by atoms with E-state index in [9.17, 15) is 9.59 Å². The van der Waals surface area contributed by atoms with Gasteiger partial charge in [-0.05, 0) is 24.6 Å². The Kier molecular flexibility index (Phi) is 4.54. The van der Waals surface area contributed by atoms with Crippen LogP contribution in [0.5, 0.6) is 0 Å². The number of hydrazone groups is 1. The van der Waals surface area contributed by atoms with E-state index in [1.165, 1.54) is 5.01 Å². The van der Waals surface area contributed by atoms with Crippen LogP contribution in [0.2, 0.25) is 0 Å². The standard InChI is InChI=1S/C14H16BrN3O2/c1-9(10-4-3-5-11(15)8-10)16-14(20)12-6-7-13(19)18(2)17-12/h3-5,8-9H,6-7H2,1-2H3,(H,16,20). The van der Waals surface area contributed by atoms with Crippen LogP contribution >= 0.6 is 15.9 Å². The van der Waals surface area contributed by atoms with Crippen molar-refractivity contribution < 1.29 is 9.59 Å². The summed E-state index contributed by atoms with van der Waals surface area (Å²) in [5.41, 5.74) is 1.41. The fraction of sp³-hybridized carbons (Fsp3) is 0.357. The highest BCUT2D eigenvalue weighted by Gasteiger charge is 2.23. The van der Waals surface area contributed by atoms with Crippen molar-refractivity contribution in [2.45, 2.75) is 25.8 Å². The zero-order chi connectivity index (χ0) is 14.7. The van der Waals surface area contributed by atoms with Crippen molar-refractivity contribution in [3.63, 3.8) is 0 Å². The minimum atomic E-state index is -0.225. The van der Waals surface area contributed by atoms with E-state index in [-0.39, 0.29) is 17.9 Å². The van der Waals surface area contributed by atoms with Crippen molar-refractivity contribution in [2.24, 2.45) is 5.10 Å². The molecular formula is C14H16BrN3O2. The molecule has 0 bridgehead atoms. The summed E-state index contributed by atoms with van der Waals surface area (Å²) in [5, 5.41) is 8.13. The summed E-state index contributed by atoms with van der Waals surface area (Å²) >= 11 is 3.41. The summed E-state index contributed by atoms with van der Waals surface area (Å²) < 4.78 is 0.969. The molecule has 6 heteroatoms. The highest BCUT2D eigenvalue weighted by Crippen LogP contribution is 2.18. The summed E-state index contributed by atoms with van der Waals surface area (Å²) in [6, 6.07) is 7.65. The van der Waals surface area contributed by atoms with Crippen LogP contribution < -0.4 is 5.32 Å². The van der Waals surface area contributed by atoms with Gasteiger partial charge in [0.25, 0.3) is 5.91 Å². The van der Waals surface area contributed by atoms with E-state index in [1.807, 2.05) is 31.2 Å². The van der Waals surface area contributed by atoms with Gasteiger partial charge in [-0.2, -0.15) is 5.10 Å². The molecule has 0 aliphatic carbocycles. The minimum absolute atomic E-state index is 0.0680. The van der Waals surface area contributed by atoms with Gasteiger partial charge in [-0.1, -0.05) is 28.1 Å². The van der Waals surface area contributed by atoms with Crippen molar-refractivity contribution >= 4 is 33.5 Å². The Morgan fingerprint density at radius 3 is 2.85 bits per heavy atom. The maximum absolute atomic E-state index is 12.1. The van der Waals surface area contributed by atoms with Gasteiger partial charge >= 0.3 is 0 Å². The monoisotopic (exact) mass is 337 g/mol. The van der Waals surface area contributed by atoms with E-state index in [2.05, 4.69) is 26.3 Å². The molecule has 1 aromatic rings. The molecule has 20 heavy (non-hydrogen) atoms. The van der Waals surface area contributed by atoms with Crippen molar-refractivity contribution in [1.82, 2.24) is 10.3 Å². The maximum Gasteiger partial charge on any atom is 0.267 e. The molecule has 0 saturated carbocycles. The summed E-state index contributed by atoms with van der Waals surface area (Å²) in [7, 11) is 1.56. The lowest BCUT2D eigenvalue weighted by Crippen LogP contribution is -2.38. The first kappa shape index (κ1) is 14.7. The van der Waals surface area contributed by atoms with Gasteiger partial charge in [0.15, 0.2) is 0 Å². The second-order valence-corrected chi connectivity index (χ2v) is 5.63. The Morgan fingerprint density at radius 2 is 2.20 bits per heavy atom. The first-order valence-electron chi connectivity index (χ1n) is 6.37. The number of rotatable bonds is 3. The number of nitrogens with one attached hydrogen (secondary N) is 1. The largest absolute Gasteiger partial charge is 0.344 e. The number of amides is 2. The molecule has 1 heterocycles. The van der Waals surface area contributed by atoms with E-state index in [0.717, 1.165) is 10.0 Å². The number of nitrogens with zero attached hydrogens (tertiary/aromatic N) is 2. The lowest BCUT2D eigenvalue weighted by molar-refractivity contribution is -0.130. The van der Waals surface area contributed by atoms with Gasteiger partial charge in [0.2, 0.25) is 5.91 Å². The molecule has 0 aromatic heterocycles. The van der Waals surface area contributed by atoms with Gasteiger partial charge in [0.1, 0.15) is 5.71 Å². The first-order chi connectivity index (χ1) is 9.47. The fourth-order valence-electron chi connectivity index (χ4n) is 1.97. The van der Waals surface area contributed by atoms with E-state index in [0.29, 0.717) is 18.6 Å². The molecule has 1 aliphatic heterocycles. The second-order valence-electron chi connectivity index (χ2n) is 4.71. The number of hydrogen-bond donors (Lipinski definition) is 1. The molecule has 0 saturated heterocycles. The first-order valence-corrected chi connectivity index (χ1v) is 7.17. The molecule has 1 aromatic carbocycles. The van der Waals surface area contributed by atoms with Crippen LogP contribution in [-0.4, -0.2) is 29.6 Å².